The van der Waals surface area contributed by atoms with Crippen LogP contribution < -0.4 is 24.3 Å². The van der Waals surface area contributed by atoms with Gasteiger partial charge in [-0.15, -0.1) is 0 Å². The molecule has 2 aromatic rings. The van der Waals surface area contributed by atoms with Crippen LogP contribution >= 0.6 is 0 Å². The lowest BCUT2D eigenvalue weighted by Gasteiger charge is -2.31. The van der Waals surface area contributed by atoms with Gasteiger partial charge in [0.2, 0.25) is 6.10 Å². The Kier molecular flexibility index (Phi) is 5.58. The fourth-order valence-electron chi connectivity index (χ4n) is 2.87. The SMILES string of the molecule is COC(=O)c1cc(OC)c(OC)cc1NC(=O)[C@@H]1Oc2ccccc2O[C@H]1C. The molecule has 1 N–H and O–H groups in total. The van der Waals surface area contributed by atoms with E-state index in [2.05, 4.69) is 5.32 Å². The lowest BCUT2D eigenvalue weighted by molar-refractivity contribution is -0.128. The Morgan fingerprint density at radius 1 is 0.964 bits per heavy atom. The number of methoxy groups -OCH3 is 3. The molecule has 2 atom stereocenters. The summed E-state index contributed by atoms with van der Waals surface area (Å²) in [5, 5.41) is 2.70. The van der Waals surface area contributed by atoms with Crippen LogP contribution in [-0.4, -0.2) is 45.4 Å². The predicted molar refractivity (Wildman–Crippen MR) is 100 cm³/mol. The second kappa shape index (κ2) is 8.08. The van der Waals surface area contributed by atoms with Crippen LogP contribution in [0.4, 0.5) is 5.69 Å². The average molecular weight is 387 g/mol. The maximum Gasteiger partial charge on any atom is 0.340 e. The number of esters is 1. The van der Waals surface area contributed by atoms with E-state index in [9.17, 15) is 9.59 Å². The minimum absolute atomic E-state index is 0.123. The Morgan fingerprint density at radius 2 is 1.57 bits per heavy atom. The number of benzene rings is 2. The zero-order valence-corrected chi connectivity index (χ0v) is 16.0. The molecule has 3 rings (SSSR count). The molecule has 0 aromatic heterocycles. The number of ether oxygens (including phenoxy) is 5. The number of rotatable bonds is 5. The van der Waals surface area contributed by atoms with Crippen LogP contribution in [0, 0.1) is 0 Å². The fraction of sp³-hybridized carbons (Fsp3) is 0.300. The second-order valence-corrected chi connectivity index (χ2v) is 6.04. The first-order valence-electron chi connectivity index (χ1n) is 8.56. The first-order valence-corrected chi connectivity index (χ1v) is 8.56. The van der Waals surface area contributed by atoms with E-state index in [-0.39, 0.29) is 11.3 Å². The summed E-state index contributed by atoms with van der Waals surface area (Å²) in [6.45, 7) is 1.73. The van der Waals surface area contributed by atoms with Crippen molar-refractivity contribution in [1.82, 2.24) is 0 Å². The molecule has 1 heterocycles. The summed E-state index contributed by atoms with van der Waals surface area (Å²) in [7, 11) is 4.16. The molecule has 0 fully saturated rings. The minimum Gasteiger partial charge on any atom is -0.493 e. The molecule has 0 bridgehead atoms. The molecule has 8 heteroatoms. The highest BCUT2D eigenvalue weighted by Crippen LogP contribution is 2.36. The molecule has 0 aliphatic carbocycles. The Balaban J connectivity index is 1.90. The lowest BCUT2D eigenvalue weighted by atomic mass is 10.1. The molecule has 1 aliphatic heterocycles. The van der Waals surface area contributed by atoms with E-state index in [4.69, 9.17) is 23.7 Å². The van der Waals surface area contributed by atoms with Crippen LogP contribution in [0.1, 0.15) is 17.3 Å². The van der Waals surface area contributed by atoms with Gasteiger partial charge in [-0.1, -0.05) is 12.1 Å². The number of anilines is 1. The van der Waals surface area contributed by atoms with E-state index in [1.807, 2.05) is 6.07 Å². The number of hydrogen-bond acceptors (Lipinski definition) is 7. The Hall–Kier alpha value is -3.42. The molecular formula is C20H21NO7. The highest BCUT2D eigenvalue weighted by Gasteiger charge is 2.35. The summed E-state index contributed by atoms with van der Waals surface area (Å²) >= 11 is 0. The zero-order valence-electron chi connectivity index (χ0n) is 16.0. The Bertz CT molecular complexity index is 896. The van der Waals surface area contributed by atoms with Crippen LogP contribution in [-0.2, 0) is 9.53 Å². The van der Waals surface area contributed by atoms with Gasteiger partial charge in [-0.05, 0) is 19.1 Å². The van der Waals surface area contributed by atoms with Crippen LogP contribution in [0.5, 0.6) is 23.0 Å². The van der Waals surface area contributed by atoms with Crippen molar-refractivity contribution in [3.05, 3.63) is 42.0 Å². The van der Waals surface area contributed by atoms with Gasteiger partial charge in [-0.3, -0.25) is 4.79 Å². The van der Waals surface area contributed by atoms with Crippen LogP contribution in [0.15, 0.2) is 36.4 Å². The van der Waals surface area contributed by atoms with Crippen molar-refractivity contribution in [3.63, 3.8) is 0 Å². The summed E-state index contributed by atoms with van der Waals surface area (Å²) in [5.74, 6) is 0.626. The van der Waals surface area contributed by atoms with Gasteiger partial charge in [0.25, 0.3) is 5.91 Å². The van der Waals surface area contributed by atoms with Crippen LogP contribution in [0.25, 0.3) is 0 Å². The van der Waals surface area contributed by atoms with Crippen molar-refractivity contribution in [3.8, 4) is 23.0 Å². The first-order chi connectivity index (χ1) is 13.5. The molecule has 0 saturated carbocycles. The summed E-state index contributed by atoms with van der Waals surface area (Å²) in [6, 6.07) is 10.0. The van der Waals surface area contributed by atoms with Crippen LogP contribution in [0.2, 0.25) is 0 Å². The Morgan fingerprint density at radius 3 is 2.18 bits per heavy atom. The van der Waals surface area contributed by atoms with Gasteiger partial charge in [0, 0.05) is 12.1 Å². The molecule has 0 spiro atoms. The van der Waals surface area contributed by atoms with Crippen molar-refractivity contribution in [2.24, 2.45) is 0 Å². The standard InChI is InChI=1S/C20H21NO7/c1-11-18(28-15-8-6-5-7-14(15)27-11)19(22)21-13-10-17(25-3)16(24-2)9-12(13)20(23)26-4/h5-11,18H,1-4H3,(H,21,22)/t11-,18+/m0/s1. The van der Waals surface area contributed by atoms with Gasteiger partial charge >= 0.3 is 5.97 Å². The smallest absolute Gasteiger partial charge is 0.340 e. The van der Waals surface area contributed by atoms with E-state index in [1.54, 1.807) is 25.1 Å². The minimum atomic E-state index is -0.909. The van der Waals surface area contributed by atoms with Gasteiger partial charge < -0.3 is 29.0 Å². The van der Waals surface area contributed by atoms with Gasteiger partial charge in [0.05, 0.1) is 32.6 Å². The molecule has 0 radical (unpaired) electrons. The van der Waals surface area contributed by atoms with E-state index >= 15 is 0 Å². The number of fused-ring (bicyclic) bond motifs is 1. The van der Waals surface area contributed by atoms with Crippen molar-refractivity contribution >= 4 is 17.6 Å². The van der Waals surface area contributed by atoms with E-state index in [0.29, 0.717) is 23.0 Å². The highest BCUT2D eigenvalue weighted by atomic mass is 16.6. The van der Waals surface area contributed by atoms with Gasteiger partial charge in [0.15, 0.2) is 23.0 Å². The summed E-state index contributed by atoms with van der Waals surface area (Å²) in [6.07, 6.45) is -1.44. The van der Waals surface area contributed by atoms with Crippen LogP contribution in [0.3, 0.4) is 0 Å². The van der Waals surface area contributed by atoms with Gasteiger partial charge in [0.1, 0.15) is 6.10 Å². The molecule has 0 unspecified atom stereocenters. The number of amides is 1. The number of carbonyl (C=O) groups excluding carboxylic acids is 2. The molecule has 8 nitrogen and oxygen atoms in total. The topological polar surface area (TPSA) is 92.3 Å². The molecule has 2 aromatic carbocycles. The third kappa shape index (κ3) is 3.66. The average Bonchev–Trinajstić information content (AvgIpc) is 2.72. The molecular weight excluding hydrogens is 366 g/mol. The van der Waals surface area contributed by atoms with Crippen molar-refractivity contribution in [2.45, 2.75) is 19.1 Å². The fourth-order valence-corrected chi connectivity index (χ4v) is 2.87. The quantitative estimate of drug-likeness (QED) is 0.789. The summed E-state index contributed by atoms with van der Waals surface area (Å²) in [5.41, 5.74) is 0.336. The molecule has 148 valence electrons. The maximum atomic E-state index is 12.9. The Labute approximate surface area is 162 Å². The highest BCUT2D eigenvalue weighted by molar-refractivity contribution is 6.03. The number of para-hydroxylation sites is 2. The third-order valence-corrected chi connectivity index (χ3v) is 4.29. The molecule has 28 heavy (non-hydrogen) atoms. The number of carbonyl (C=O) groups is 2. The van der Waals surface area contributed by atoms with Crippen molar-refractivity contribution in [2.75, 3.05) is 26.6 Å². The summed E-state index contributed by atoms with van der Waals surface area (Å²) in [4.78, 5) is 25.0. The largest absolute Gasteiger partial charge is 0.493 e. The lowest BCUT2D eigenvalue weighted by Crippen LogP contribution is -2.46. The van der Waals surface area contributed by atoms with Gasteiger partial charge in [-0.25, -0.2) is 4.79 Å². The summed E-state index contributed by atoms with van der Waals surface area (Å²) < 4.78 is 26.8. The number of nitrogens with one attached hydrogen (secondary N) is 1. The molecule has 0 saturated heterocycles. The van der Waals surface area contributed by atoms with E-state index in [1.165, 1.54) is 33.5 Å². The predicted octanol–water partition coefficient (Wildman–Crippen LogP) is 2.66. The third-order valence-electron chi connectivity index (χ3n) is 4.29. The monoisotopic (exact) mass is 387 g/mol. The second-order valence-electron chi connectivity index (χ2n) is 6.04. The van der Waals surface area contributed by atoms with Crippen molar-refractivity contribution in [1.29, 1.82) is 0 Å². The molecule has 1 aliphatic rings. The first kappa shape index (κ1) is 19.3. The van der Waals surface area contributed by atoms with Crippen molar-refractivity contribution < 1.29 is 33.3 Å². The normalized spacial score (nSPS) is 17.4. The number of hydrogen-bond donors (Lipinski definition) is 1. The zero-order chi connectivity index (χ0) is 20.3. The van der Waals surface area contributed by atoms with E-state index < -0.39 is 24.1 Å². The van der Waals surface area contributed by atoms with E-state index in [0.717, 1.165) is 0 Å². The maximum absolute atomic E-state index is 12.9. The van der Waals surface area contributed by atoms with Gasteiger partial charge in [-0.2, -0.15) is 0 Å². The molecule has 1 amide bonds.